The minimum Gasteiger partial charge on any atom is -0.495 e. The van der Waals surface area contributed by atoms with Crippen LogP contribution >= 0.6 is 11.6 Å². The molecule has 2 heterocycles. The molecular weight excluding hydrogens is 434 g/mol. The van der Waals surface area contributed by atoms with Crippen molar-refractivity contribution < 1.29 is 13.2 Å². The maximum absolute atomic E-state index is 13.0. The molecule has 0 saturated carbocycles. The van der Waals surface area contributed by atoms with Gasteiger partial charge in [-0.2, -0.15) is 0 Å². The number of benzene rings is 2. The number of ether oxygens (including phenoxy) is 1. The number of aromatic nitrogens is 1. The Hall–Kier alpha value is -2.32. The maximum Gasteiger partial charge on any atom is 0.240 e. The van der Waals surface area contributed by atoms with Gasteiger partial charge in [0, 0.05) is 38.6 Å². The lowest BCUT2D eigenvalue weighted by Crippen LogP contribution is -2.41. The Morgan fingerprint density at radius 1 is 1.13 bits per heavy atom. The number of hydrogen-bond donors (Lipinski definition) is 1. The Balaban J connectivity index is 1.57. The SMILES string of the molecule is COc1ccc(S(=O)(=O)NCC(c2cccn2C)N2CCc3ccccc3C2)cc1Cl. The predicted octanol–water partition coefficient (Wildman–Crippen LogP) is 3.77. The number of methoxy groups -OCH3 is 1. The molecule has 0 fully saturated rings. The van der Waals surface area contributed by atoms with Crippen molar-refractivity contribution in [1.29, 1.82) is 0 Å². The van der Waals surface area contributed by atoms with E-state index in [9.17, 15) is 8.42 Å². The molecule has 164 valence electrons. The average Bonchev–Trinajstić information content (AvgIpc) is 3.19. The predicted molar refractivity (Wildman–Crippen MR) is 122 cm³/mol. The monoisotopic (exact) mass is 459 g/mol. The molecule has 4 rings (SSSR count). The molecule has 8 heteroatoms. The van der Waals surface area contributed by atoms with Gasteiger partial charge >= 0.3 is 0 Å². The van der Waals surface area contributed by atoms with Crippen molar-refractivity contribution in [2.24, 2.45) is 7.05 Å². The van der Waals surface area contributed by atoms with E-state index in [-0.39, 0.29) is 22.5 Å². The van der Waals surface area contributed by atoms with Crippen LogP contribution in [0.25, 0.3) is 0 Å². The molecule has 1 aliphatic rings. The third-order valence-electron chi connectivity index (χ3n) is 5.83. The molecule has 3 aromatic rings. The quantitative estimate of drug-likeness (QED) is 0.584. The van der Waals surface area contributed by atoms with Crippen molar-refractivity contribution in [3.05, 3.63) is 82.6 Å². The van der Waals surface area contributed by atoms with Crippen LogP contribution in [0.15, 0.2) is 65.7 Å². The normalized spacial score (nSPS) is 15.5. The number of nitrogens with zero attached hydrogens (tertiary/aromatic N) is 2. The fraction of sp³-hybridized carbons (Fsp3) is 0.304. The number of fused-ring (bicyclic) bond motifs is 1. The zero-order valence-corrected chi connectivity index (χ0v) is 19.2. The van der Waals surface area contributed by atoms with Gasteiger partial charge in [-0.25, -0.2) is 13.1 Å². The second kappa shape index (κ2) is 9.04. The molecule has 2 aromatic carbocycles. The van der Waals surface area contributed by atoms with Crippen LogP contribution in [0.5, 0.6) is 5.75 Å². The van der Waals surface area contributed by atoms with E-state index in [0.29, 0.717) is 5.75 Å². The Labute approximate surface area is 188 Å². The molecule has 1 atom stereocenters. The lowest BCUT2D eigenvalue weighted by Gasteiger charge is -2.36. The minimum atomic E-state index is -3.73. The van der Waals surface area contributed by atoms with E-state index in [4.69, 9.17) is 16.3 Å². The number of aryl methyl sites for hydroxylation is 1. The number of nitrogens with one attached hydrogen (secondary N) is 1. The summed E-state index contributed by atoms with van der Waals surface area (Å²) in [5.41, 5.74) is 3.71. The van der Waals surface area contributed by atoms with Crippen molar-refractivity contribution in [2.45, 2.75) is 23.9 Å². The first kappa shape index (κ1) is 21.9. The number of rotatable bonds is 7. The first-order valence-corrected chi connectivity index (χ1v) is 12.0. The molecule has 6 nitrogen and oxygen atoms in total. The lowest BCUT2D eigenvalue weighted by molar-refractivity contribution is 0.174. The average molecular weight is 460 g/mol. The molecule has 1 unspecified atom stereocenters. The second-order valence-corrected chi connectivity index (χ2v) is 9.87. The molecule has 1 aliphatic heterocycles. The lowest BCUT2D eigenvalue weighted by atomic mass is 9.98. The molecule has 0 bridgehead atoms. The van der Waals surface area contributed by atoms with E-state index < -0.39 is 10.0 Å². The van der Waals surface area contributed by atoms with Crippen molar-refractivity contribution in [3.63, 3.8) is 0 Å². The van der Waals surface area contributed by atoms with Crippen LogP contribution in [-0.4, -0.2) is 38.1 Å². The summed E-state index contributed by atoms with van der Waals surface area (Å²) in [4.78, 5) is 2.45. The van der Waals surface area contributed by atoms with Crippen LogP contribution in [0, 0.1) is 0 Å². The molecule has 0 amide bonds. The Bertz CT molecular complexity index is 1180. The summed E-state index contributed by atoms with van der Waals surface area (Å²) in [5, 5.41) is 0.261. The van der Waals surface area contributed by atoms with Crippen LogP contribution in [-0.2, 0) is 30.0 Å². The molecule has 31 heavy (non-hydrogen) atoms. The van der Waals surface area contributed by atoms with Gasteiger partial charge in [-0.05, 0) is 47.9 Å². The Kier molecular flexibility index (Phi) is 6.39. The fourth-order valence-electron chi connectivity index (χ4n) is 4.11. The first-order valence-electron chi connectivity index (χ1n) is 10.1. The van der Waals surface area contributed by atoms with Gasteiger partial charge < -0.3 is 9.30 Å². The van der Waals surface area contributed by atoms with Gasteiger partial charge in [-0.15, -0.1) is 0 Å². The van der Waals surface area contributed by atoms with Crippen molar-refractivity contribution in [2.75, 3.05) is 20.2 Å². The molecule has 0 spiro atoms. The molecule has 0 saturated heterocycles. The molecule has 0 radical (unpaired) electrons. The van der Waals surface area contributed by atoms with E-state index in [2.05, 4.69) is 33.9 Å². The van der Waals surface area contributed by atoms with Crippen LogP contribution < -0.4 is 9.46 Å². The van der Waals surface area contributed by atoms with Gasteiger partial charge in [0.1, 0.15) is 5.75 Å². The van der Waals surface area contributed by atoms with Crippen LogP contribution in [0.3, 0.4) is 0 Å². The highest BCUT2D eigenvalue weighted by atomic mass is 35.5. The van der Waals surface area contributed by atoms with E-state index in [1.807, 2.05) is 29.9 Å². The number of hydrogen-bond acceptors (Lipinski definition) is 4. The summed E-state index contributed by atoms with van der Waals surface area (Å²) in [6.07, 6.45) is 2.93. The van der Waals surface area contributed by atoms with Gasteiger partial charge in [0.2, 0.25) is 10.0 Å². The topological polar surface area (TPSA) is 63.6 Å². The van der Waals surface area contributed by atoms with Gasteiger partial charge in [-0.1, -0.05) is 35.9 Å². The van der Waals surface area contributed by atoms with E-state index in [0.717, 1.165) is 25.2 Å². The smallest absolute Gasteiger partial charge is 0.240 e. The van der Waals surface area contributed by atoms with Crippen LogP contribution in [0.1, 0.15) is 22.9 Å². The zero-order chi connectivity index (χ0) is 22.0. The third-order valence-corrected chi connectivity index (χ3v) is 7.54. The highest BCUT2D eigenvalue weighted by Gasteiger charge is 2.28. The van der Waals surface area contributed by atoms with Crippen LogP contribution in [0.2, 0.25) is 5.02 Å². The molecule has 1 aromatic heterocycles. The molecule has 1 N–H and O–H groups in total. The summed E-state index contributed by atoms with van der Waals surface area (Å²) >= 11 is 6.14. The second-order valence-electron chi connectivity index (χ2n) is 7.70. The van der Waals surface area contributed by atoms with Crippen molar-refractivity contribution >= 4 is 21.6 Å². The summed E-state index contributed by atoms with van der Waals surface area (Å²) < 4.78 is 35.9. The maximum atomic E-state index is 13.0. The van der Waals surface area contributed by atoms with Crippen molar-refractivity contribution in [1.82, 2.24) is 14.2 Å². The Morgan fingerprint density at radius 3 is 2.58 bits per heavy atom. The first-order chi connectivity index (χ1) is 14.9. The summed E-state index contributed by atoms with van der Waals surface area (Å²) in [7, 11) is -0.253. The summed E-state index contributed by atoms with van der Waals surface area (Å²) in [6.45, 7) is 1.90. The van der Waals surface area contributed by atoms with Crippen LogP contribution in [0.4, 0.5) is 0 Å². The molecule has 0 aliphatic carbocycles. The summed E-state index contributed by atoms with van der Waals surface area (Å²) in [6, 6.07) is 16.8. The highest BCUT2D eigenvalue weighted by molar-refractivity contribution is 7.89. The molecular formula is C23H26ClN3O3S. The van der Waals surface area contributed by atoms with Gasteiger partial charge in [0.05, 0.1) is 23.1 Å². The Morgan fingerprint density at radius 2 is 1.90 bits per heavy atom. The largest absolute Gasteiger partial charge is 0.495 e. The summed E-state index contributed by atoms with van der Waals surface area (Å²) in [5.74, 6) is 0.439. The standard InChI is InChI=1S/C23H26ClN3O3S/c1-26-12-5-8-21(26)22(27-13-11-17-6-3-4-7-18(17)16-27)15-25-31(28,29)19-9-10-23(30-2)20(24)14-19/h3-10,12,14,22,25H,11,13,15-16H2,1-2H3. The fourth-order valence-corrected chi connectivity index (χ4v) is 5.50. The van der Waals surface area contributed by atoms with E-state index >= 15 is 0 Å². The third kappa shape index (κ3) is 4.65. The van der Waals surface area contributed by atoms with E-state index in [1.165, 1.54) is 30.4 Å². The van der Waals surface area contributed by atoms with E-state index in [1.54, 1.807) is 6.07 Å². The number of sulfonamides is 1. The highest BCUT2D eigenvalue weighted by Crippen LogP contribution is 2.29. The van der Waals surface area contributed by atoms with Gasteiger partial charge in [0.15, 0.2) is 0 Å². The zero-order valence-electron chi connectivity index (χ0n) is 17.6. The number of halogens is 1. The van der Waals surface area contributed by atoms with Gasteiger partial charge in [-0.3, -0.25) is 4.90 Å². The minimum absolute atomic E-state index is 0.100. The van der Waals surface area contributed by atoms with Crippen molar-refractivity contribution in [3.8, 4) is 5.75 Å². The van der Waals surface area contributed by atoms with Gasteiger partial charge in [0.25, 0.3) is 0 Å².